The zero-order valence-electron chi connectivity index (χ0n) is 28.2. The molecule has 2 N–H and O–H groups in total. The zero-order valence-corrected chi connectivity index (χ0v) is 30.6. The molecule has 2 aromatic carbocycles. The van der Waals surface area contributed by atoms with Gasteiger partial charge in [0.25, 0.3) is 16.7 Å². The van der Waals surface area contributed by atoms with Crippen molar-refractivity contribution >= 4 is 49.9 Å². The van der Waals surface area contributed by atoms with Crippen molar-refractivity contribution in [3.05, 3.63) is 82.4 Å². The summed E-state index contributed by atoms with van der Waals surface area (Å²) in [6, 6.07) is 8.82. The van der Waals surface area contributed by atoms with Gasteiger partial charge in [-0.3, -0.25) is 33.4 Å². The fraction of sp³-hybridized carbons (Fsp3) is 0.429. The van der Waals surface area contributed by atoms with Crippen molar-refractivity contribution < 1.29 is 14.9 Å². The van der Waals surface area contributed by atoms with Crippen LogP contribution in [0.4, 0.5) is 0 Å². The number of phenolic OH excluding ortho intramolecular Hbond substituents is 1. The first kappa shape index (κ1) is 36.7. The number of phenols is 1. The van der Waals surface area contributed by atoms with Crippen molar-refractivity contribution in [2.45, 2.75) is 26.1 Å². The van der Waals surface area contributed by atoms with Gasteiger partial charge in [0.05, 0.1) is 34.9 Å². The smallest absolute Gasteiger partial charge is 0.263 e. The second-order valence-electron chi connectivity index (χ2n) is 13.0. The fourth-order valence-corrected chi connectivity index (χ4v) is 7.07. The first-order valence-electron chi connectivity index (χ1n) is 16.1. The molecular formula is C35H42BrClN6O6. The van der Waals surface area contributed by atoms with Gasteiger partial charge in [0.15, 0.2) is 0 Å². The van der Waals surface area contributed by atoms with E-state index >= 15 is 0 Å². The SMILES string of the molecule is CN(C)CCn1c(O)c2cc(Br)c3c4c2c(c(=NCCc2ccc(O)c(CN5CCOCC5)c2)cc-4c(=O)n(CCN(C)C)c3=O)c1=O.Cl. The third-order valence-corrected chi connectivity index (χ3v) is 9.72. The van der Waals surface area contributed by atoms with Gasteiger partial charge in [0.1, 0.15) is 5.75 Å². The summed E-state index contributed by atoms with van der Waals surface area (Å²) in [5, 5.41) is 23.6. The number of benzene rings is 3. The Kier molecular flexibility index (Phi) is 11.3. The molecule has 0 amide bonds. The van der Waals surface area contributed by atoms with E-state index in [1.165, 1.54) is 9.13 Å². The highest BCUT2D eigenvalue weighted by atomic mass is 79.9. The standard InChI is InChI=1S/C35H41BrN6O6.ClH/c1-38(2)9-11-41-33(45)24-19-26(37-8-7-21-5-6-27(43)22(17-21)20-40-13-15-48-16-14-40)31-29-23(18-25(36)30(28(24)29)34(41)46)32(44)42(35(31)47)12-10-39(3)4;/h5-6,17-19,43-44H,7-16,20H2,1-4H3;1H. The Hall–Kier alpha value is -3.59. The van der Waals surface area contributed by atoms with Crippen molar-refractivity contribution in [3.63, 3.8) is 0 Å². The highest BCUT2D eigenvalue weighted by molar-refractivity contribution is 9.10. The predicted molar refractivity (Wildman–Crippen MR) is 197 cm³/mol. The lowest BCUT2D eigenvalue weighted by atomic mass is 9.90. The highest BCUT2D eigenvalue weighted by Gasteiger charge is 2.28. The number of nitrogens with zero attached hydrogens (tertiary/aromatic N) is 6. The van der Waals surface area contributed by atoms with E-state index in [1.54, 1.807) is 18.2 Å². The largest absolute Gasteiger partial charge is 0.508 e. The highest BCUT2D eigenvalue weighted by Crippen LogP contribution is 2.40. The Labute approximate surface area is 298 Å². The zero-order chi connectivity index (χ0) is 34.3. The fourth-order valence-electron chi connectivity index (χ4n) is 6.47. The van der Waals surface area contributed by atoms with Crippen molar-refractivity contribution in [2.75, 3.05) is 74.1 Å². The number of aromatic hydroxyl groups is 2. The molecule has 1 aliphatic carbocycles. The molecular weight excluding hydrogens is 716 g/mol. The Morgan fingerprint density at radius 1 is 0.857 bits per heavy atom. The van der Waals surface area contributed by atoms with Crippen LogP contribution in [0, 0.1) is 0 Å². The molecule has 14 heteroatoms. The number of hydrogen-bond donors (Lipinski definition) is 2. The molecule has 0 atom stereocenters. The molecule has 12 nitrogen and oxygen atoms in total. The molecule has 0 spiro atoms. The molecule has 3 heterocycles. The van der Waals surface area contributed by atoms with Crippen LogP contribution in [0.5, 0.6) is 11.6 Å². The number of aromatic nitrogens is 2. The molecule has 3 aromatic rings. The monoisotopic (exact) mass is 756 g/mol. The second-order valence-corrected chi connectivity index (χ2v) is 13.8. The number of hydrogen-bond acceptors (Lipinski definition) is 10. The molecule has 262 valence electrons. The summed E-state index contributed by atoms with van der Waals surface area (Å²) in [4.78, 5) is 52.9. The van der Waals surface area contributed by atoms with E-state index in [1.807, 2.05) is 50.1 Å². The number of morpholine rings is 1. The number of rotatable bonds is 11. The molecule has 3 aliphatic rings. The minimum Gasteiger partial charge on any atom is -0.508 e. The van der Waals surface area contributed by atoms with Crippen molar-refractivity contribution in [2.24, 2.45) is 4.99 Å². The molecule has 6 rings (SSSR count). The van der Waals surface area contributed by atoms with Crippen molar-refractivity contribution in [3.8, 4) is 22.8 Å². The average Bonchev–Trinajstić information content (AvgIpc) is 3.04. The lowest BCUT2D eigenvalue weighted by Gasteiger charge is -2.27. The summed E-state index contributed by atoms with van der Waals surface area (Å²) in [5.74, 6) is 0.0117. The van der Waals surface area contributed by atoms with E-state index in [2.05, 4.69) is 20.8 Å². The van der Waals surface area contributed by atoms with Crippen LogP contribution < -0.4 is 22.0 Å². The van der Waals surface area contributed by atoms with Crippen LogP contribution in [0.25, 0.3) is 32.7 Å². The maximum Gasteiger partial charge on any atom is 0.263 e. The predicted octanol–water partition coefficient (Wildman–Crippen LogP) is 2.35. The summed E-state index contributed by atoms with van der Waals surface area (Å²) in [6.07, 6.45) is 0.527. The maximum atomic E-state index is 14.2. The van der Waals surface area contributed by atoms with Gasteiger partial charge in [0.2, 0.25) is 5.88 Å². The van der Waals surface area contributed by atoms with Crippen LogP contribution in [-0.2, 0) is 30.8 Å². The third-order valence-electron chi connectivity index (χ3n) is 9.09. The molecule has 1 fully saturated rings. The quantitative estimate of drug-likeness (QED) is 0.195. The summed E-state index contributed by atoms with van der Waals surface area (Å²) in [5.41, 5.74) is 1.07. The van der Waals surface area contributed by atoms with Crippen LogP contribution >= 0.6 is 28.3 Å². The topological polar surface area (TPSA) is 133 Å². The van der Waals surface area contributed by atoms with Crippen LogP contribution in [0.1, 0.15) is 11.1 Å². The molecule has 2 aliphatic heterocycles. The molecule has 0 bridgehead atoms. The van der Waals surface area contributed by atoms with Gasteiger partial charge < -0.3 is 24.7 Å². The van der Waals surface area contributed by atoms with E-state index < -0.39 is 16.7 Å². The molecule has 0 saturated carbocycles. The van der Waals surface area contributed by atoms with E-state index in [9.17, 15) is 24.6 Å². The van der Waals surface area contributed by atoms with Crippen LogP contribution in [0.3, 0.4) is 0 Å². The third kappa shape index (κ3) is 7.19. The Balaban J connectivity index is 0.00000468. The summed E-state index contributed by atoms with van der Waals surface area (Å²) in [6.45, 7) is 5.26. The first-order chi connectivity index (χ1) is 23.0. The van der Waals surface area contributed by atoms with Gasteiger partial charge >= 0.3 is 0 Å². The van der Waals surface area contributed by atoms with E-state index in [-0.39, 0.29) is 53.5 Å². The molecule has 49 heavy (non-hydrogen) atoms. The Morgan fingerprint density at radius 2 is 1.51 bits per heavy atom. The Bertz CT molecular complexity index is 2180. The molecule has 0 unspecified atom stereocenters. The number of likely N-dealkylation sites (N-methyl/N-ethyl adjacent to an activating group) is 2. The summed E-state index contributed by atoms with van der Waals surface area (Å²) >= 11 is 3.55. The average molecular weight is 758 g/mol. The first-order valence-corrected chi connectivity index (χ1v) is 16.9. The van der Waals surface area contributed by atoms with Crippen molar-refractivity contribution in [1.82, 2.24) is 23.8 Å². The van der Waals surface area contributed by atoms with Crippen LogP contribution in [0.15, 0.2) is 54.2 Å². The van der Waals surface area contributed by atoms with Gasteiger partial charge in [-0.05, 0) is 74.3 Å². The summed E-state index contributed by atoms with van der Waals surface area (Å²) < 4.78 is 8.45. The van der Waals surface area contributed by atoms with E-state index in [4.69, 9.17) is 9.73 Å². The molecule has 1 aromatic heterocycles. The number of halogens is 2. The van der Waals surface area contributed by atoms with Gasteiger partial charge in [-0.25, -0.2) is 0 Å². The van der Waals surface area contributed by atoms with Crippen LogP contribution in [-0.4, -0.2) is 108 Å². The van der Waals surface area contributed by atoms with E-state index in [0.29, 0.717) is 72.0 Å². The lowest BCUT2D eigenvalue weighted by molar-refractivity contribution is 0.0339. The molecule has 1 saturated heterocycles. The van der Waals surface area contributed by atoms with Gasteiger partial charge in [0, 0.05) is 78.7 Å². The van der Waals surface area contributed by atoms with Gasteiger partial charge in [-0.1, -0.05) is 12.1 Å². The van der Waals surface area contributed by atoms with Crippen LogP contribution in [0.2, 0.25) is 0 Å². The van der Waals surface area contributed by atoms with Crippen molar-refractivity contribution in [1.29, 1.82) is 0 Å². The second kappa shape index (κ2) is 15.1. The molecule has 0 radical (unpaired) electrons. The normalized spacial score (nSPS) is 14.6. The van der Waals surface area contributed by atoms with Gasteiger partial charge in [-0.2, -0.15) is 0 Å². The maximum absolute atomic E-state index is 14.2. The van der Waals surface area contributed by atoms with E-state index in [0.717, 1.165) is 24.2 Å². The lowest BCUT2D eigenvalue weighted by Crippen LogP contribution is -2.39. The van der Waals surface area contributed by atoms with Gasteiger partial charge in [-0.15, -0.1) is 12.4 Å². The minimum absolute atomic E-state index is 0. The minimum atomic E-state index is -0.463. The summed E-state index contributed by atoms with van der Waals surface area (Å²) in [7, 11) is 7.52. The number of ether oxygens (including phenoxy) is 1. The number of pyridine rings is 2. The Morgan fingerprint density at radius 3 is 2.18 bits per heavy atom.